The van der Waals surface area contributed by atoms with Crippen LogP contribution < -0.4 is 5.32 Å². The highest BCUT2D eigenvalue weighted by Gasteiger charge is 2.28. The fraction of sp³-hybridized carbons (Fsp3) is 0.600. The molecule has 3 nitrogen and oxygen atoms in total. The van der Waals surface area contributed by atoms with Gasteiger partial charge in [-0.2, -0.15) is 0 Å². The van der Waals surface area contributed by atoms with Gasteiger partial charge in [-0.1, -0.05) is 0 Å². The molecule has 0 saturated carbocycles. The smallest absolute Gasteiger partial charge is 0.193 e. The number of hydrogen-bond donors (Lipinski definition) is 1. The molecule has 0 bridgehead atoms. The van der Waals surface area contributed by atoms with Gasteiger partial charge in [0.1, 0.15) is 5.76 Å². The molecule has 0 spiro atoms. The molecular formula is C10H14ClNO2. The van der Waals surface area contributed by atoms with E-state index in [1.807, 2.05) is 6.07 Å². The molecule has 0 radical (unpaired) electrons. The van der Waals surface area contributed by atoms with Crippen LogP contribution in [0.3, 0.4) is 0 Å². The summed E-state index contributed by atoms with van der Waals surface area (Å²) >= 11 is 5.67. The van der Waals surface area contributed by atoms with Gasteiger partial charge in [0.2, 0.25) is 0 Å². The lowest BCUT2D eigenvalue weighted by molar-refractivity contribution is 0.170. The number of nitrogens with one attached hydrogen (secondary N) is 1. The molecular weight excluding hydrogens is 202 g/mol. The maximum Gasteiger partial charge on any atom is 0.193 e. The average Bonchev–Trinajstić information content (AvgIpc) is 2.73. The van der Waals surface area contributed by atoms with Crippen LogP contribution in [0, 0.1) is 0 Å². The van der Waals surface area contributed by atoms with Crippen molar-refractivity contribution >= 4 is 11.6 Å². The van der Waals surface area contributed by atoms with Gasteiger partial charge in [0.05, 0.1) is 13.2 Å². The first kappa shape index (κ1) is 10.0. The van der Waals surface area contributed by atoms with E-state index >= 15 is 0 Å². The van der Waals surface area contributed by atoms with Gasteiger partial charge in [-0.15, -0.1) is 0 Å². The van der Waals surface area contributed by atoms with E-state index in [2.05, 4.69) is 12.2 Å². The molecule has 1 aliphatic rings. The monoisotopic (exact) mass is 215 g/mol. The van der Waals surface area contributed by atoms with Gasteiger partial charge in [0, 0.05) is 12.1 Å². The van der Waals surface area contributed by atoms with E-state index in [0.717, 1.165) is 25.4 Å². The summed E-state index contributed by atoms with van der Waals surface area (Å²) in [6.07, 6.45) is 1.04. The molecule has 1 unspecified atom stereocenters. The Morgan fingerprint density at radius 1 is 1.57 bits per heavy atom. The summed E-state index contributed by atoms with van der Waals surface area (Å²) < 4.78 is 10.6. The van der Waals surface area contributed by atoms with Crippen LogP contribution in [0.25, 0.3) is 0 Å². The summed E-state index contributed by atoms with van der Waals surface area (Å²) in [6.45, 7) is 4.46. The fourth-order valence-electron chi connectivity index (χ4n) is 1.55. The average molecular weight is 216 g/mol. The van der Waals surface area contributed by atoms with Crippen LogP contribution in [-0.4, -0.2) is 18.8 Å². The number of hydrogen-bond acceptors (Lipinski definition) is 3. The van der Waals surface area contributed by atoms with Crippen LogP contribution in [0.1, 0.15) is 19.1 Å². The summed E-state index contributed by atoms with van der Waals surface area (Å²) in [5, 5.41) is 3.85. The number of rotatable bonds is 3. The normalized spacial score (nSPS) is 27.0. The zero-order valence-electron chi connectivity index (χ0n) is 8.18. The van der Waals surface area contributed by atoms with E-state index in [0.29, 0.717) is 11.8 Å². The lowest BCUT2D eigenvalue weighted by Crippen LogP contribution is -2.42. The molecule has 1 atom stereocenters. The second-order valence-corrected chi connectivity index (χ2v) is 4.30. The fourth-order valence-corrected chi connectivity index (χ4v) is 1.72. The molecule has 14 heavy (non-hydrogen) atoms. The minimum absolute atomic E-state index is 0.0826. The van der Waals surface area contributed by atoms with Crippen molar-refractivity contribution in [2.45, 2.75) is 25.4 Å². The number of halogens is 1. The second kappa shape index (κ2) is 3.93. The van der Waals surface area contributed by atoms with E-state index in [9.17, 15) is 0 Å². The van der Waals surface area contributed by atoms with Crippen molar-refractivity contribution in [3.8, 4) is 0 Å². The Morgan fingerprint density at radius 3 is 3.00 bits per heavy atom. The Labute approximate surface area is 88.4 Å². The van der Waals surface area contributed by atoms with E-state index in [1.165, 1.54) is 0 Å². The third-order valence-electron chi connectivity index (χ3n) is 2.54. The van der Waals surface area contributed by atoms with Gasteiger partial charge >= 0.3 is 0 Å². The molecule has 1 aromatic rings. The maximum atomic E-state index is 5.67. The molecule has 0 aromatic carbocycles. The van der Waals surface area contributed by atoms with Crippen LogP contribution in [-0.2, 0) is 11.3 Å². The second-order valence-electron chi connectivity index (χ2n) is 3.92. The van der Waals surface area contributed by atoms with Gasteiger partial charge < -0.3 is 14.5 Å². The third kappa shape index (κ3) is 2.29. The van der Waals surface area contributed by atoms with Gasteiger partial charge in [-0.25, -0.2) is 0 Å². The number of furan rings is 1. The van der Waals surface area contributed by atoms with E-state index < -0.39 is 0 Å². The summed E-state index contributed by atoms with van der Waals surface area (Å²) in [5.74, 6) is 0.864. The SMILES string of the molecule is CC1(NCc2ccc(Cl)o2)CCOC1. The Balaban J connectivity index is 1.87. The van der Waals surface area contributed by atoms with Crippen molar-refractivity contribution in [2.24, 2.45) is 0 Å². The molecule has 1 saturated heterocycles. The Kier molecular flexibility index (Phi) is 2.81. The van der Waals surface area contributed by atoms with Crippen LogP contribution >= 0.6 is 11.6 Å². The third-order valence-corrected chi connectivity index (χ3v) is 2.74. The first-order valence-corrected chi connectivity index (χ1v) is 5.13. The lowest BCUT2D eigenvalue weighted by atomic mass is 10.0. The van der Waals surface area contributed by atoms with E-state index in [-0.39, 0.29) is 5.54 Å². The molecule has 2 heterocycles. The minimum Gasteiger partial charge on any atom is -0.448 e. The molecule has 4 heteroatoms. The van der Waals surface area contributed by atoms with Crippen molar-refractivity contribution < 1.29 is 9.15 Å². The van der Waals surface area contributed by atoms with Crippen molar-refractivity contribution in [3.05, 3.63) is 23.1 Å². The maximum absolute atomic E-state index is 5.67. The first-order chi connectivity index (χ1) is 6.68. The Hall–Kier alpha value is -0.510. The molecule has 0 amide bonds. The van der Waals surface area contributed by atoms with E-state index in [4.69, 9.17) is 20.8 Å². The highest BCUT2D eigenvalue weighted by Crippen LogP contribution is 2.19. The summed E-state index contributed by atoms with van der Waals surface area (Å²) in [5.41, 5.74) is 0.0826. The molecule has 2 rings (SSSR count). The van der Waals surface area contributed by atoms with Crippen molar-refractivity contribution in [1.82, 2.24) is 5.32 Å². The highest BCUT2D eigenvalue weighted by atomic mass is 35.5. The Bertz CT molecular complexity index is 305. The minimum atomic E-state index is 0.0826. The summed E-state index contributed by atoms with van der Waals surface area (Å²) in [7, 11) is 0. The van der Waals surface area contributed by atoms with Gasteiger partial charge in [0.25, 0.3) is 0 Å². The van der Waals surface area contributed by atoms with Crippen LogP contribution in [0.4, 0.5) is 0 Å². The molecule has 1 fully saturated rings. The molecule has 1 N–H and O–H groups in total. The summed E-state index contributed by atoms with van der Waals surface area (Å²) in [4.78, 5) is 0. The van der Waals surface area contributed by atoms with Gasteiger partial charge in [-0.05, 0) is 37.1 Å². The van der Waals surface area contributed by atoms with E-state index in [1.54, 1.807) is 6.07 Å². The van der Waals surface area contributed by atoms with Gasteiger partial charge in [-0.3, -0.25) is 0 Å². The topological polar surface area (TPSA) is 34.4 Å². The zero-order chi connectivity index (χ0) is 10.0. The zero-order valence-corrected chi connectivity index (χ0v) is 8.93. The predicted octanol–water partition coefficient (Wildman–Crippen LogP) is 2.20. The highest BCUT2D eigenvalue weighted by molar-refractivity contribution is 6.28. The molecule has 0 aliphatic carbocycles. The molecule has 1 aliphatic heterocycles. The molecule has 78 valence electrons. The quantitative estimate of drug-likeness (QED) is 0.840. The number of ether oxygens (including phenoxy) is 1. The van der Waals surface area contributed by atoms with Crippen molar-refractivity contribution in [3.63, 3.8) is 0 Å². The van der Waals surface area contributed by atoms with Crippen LogP contribution in [0.2, 0.25) is 5.22 Å². The largest absolute Gasteiger partial charge is 0.448 e. The van der Waals surface area contributed by atoms with Crippen molar-refractivity contribution in [2.75, 3.05) is 13.2 Å². The first-order valence-electron chi connectivity index (χ1n) is 4.75. The van der Waals surface area contributed by atoms with Gasteiger partial charge in [0.15, 0.2) is 5.22 Å². The summed E-state index contributed by atoms with van der Waals surface area (Å²) in [6, 6.07) is 3.64. The van der Waals surface area contributed by atoms with Crippen molar-refractivity contribution in [1.29, 1.82) is 0 Å². The standard InChI is InChI=1S/C10H14ClNO2/c1-10(4-5-13-7-10)12-6-8-2-3-9(11)14-8/h2-3,12H,4-7H2,1H3. The van der Waals surface area contributed by atoms with Crippen LogP contribution in [0.15, 0.2) is 16.5 Å². The Morgan fingerprint density at radius 2 is 2.43 bits per heavy atom. The molecule has 1 aromatic heterocycles. The lowest BCUT2D eigenvalue weighted by Gasteiger charge is -2.22. The van der Waals surface area contributed by atoms with Crippen LogP contribution in [0.5, 0.6) is 0 Å². The predicted molar refractivity (Wildman–Crippen MR) is 54.4 cm³/mol.